The van der Waals surface area contributed by atoms with E-state index in [9.17, 15) is 9.59 Å². The van der Waals surface area contributed by atoms with E-state index in [1.165, 1.54) is 16.7 Å². The maximum atomic E-state index is 11.8. The molecule has 0 aromatic heterocycles. The fraction of sp³-hybridized carbons (Fsp3) is 0.800. The molecule has 1 saturated heterocycles. The predicted molar refractivity (Wildman–Crippen MR) is 66.4 cm³/mol. The number of carbonyl (C=O) groups is 2. The molecule has 3 nitrogen and oxygen atoms in total. The number of nitrogens with zero attached hydrogens (tertiary/aromatic N) is 1. The van der Waals surface area contributed by atoms with Crippen molar-refractivity contribution in [1.29, 1.82) is 0 Å². The highest BCUT2D eigenvalue weighted by Crippen LogP contribution is 2.30. The van der Waals surface area contributed by atoms with Gasteiger partial charge in [-0.1, -0.05) is 41.0 Å². The molecule has 0 radical (unpaired) electrons. The molecule has 0 N–H and O–H groups in total. The number of thioether (sulfide) groups is 1. The SMILES string of the molecule is CCCC1SC(=O)N(CCCCBr)C1=O. The molecule has 1 aliphatic heterocycles. The van der Waals surface area contributed by atoms with Gasteiger partial charge in [0.1, 0.15) is 0 Å². The molecule has 1 aliphatic rings. The van der Waals surface area contributed by atoms with E-state index in [4.69, 9.17) is 0 Å². The molecule has 0 bridgehead atoms. The topological polar surface area (TPSA) is 37.4 Å². The van der Waals surface area contributed by atoms with E-state index >= 15 is 0 Å². The second kappa shape index (κ2) is 6.53. The third kappa shape index (κ3) is 3.48. The van der Waals surface area contributed by atoms with Crippen molar-refractivity contribution in [3.63, 3.8) is 0 Å². The first-order chi connectivity index (χ1) is 7.20. The summed E-state index contributed by atoms with van der Waals surface area (Å²) >= 11 is 4.52. The van der Waals surface area contributed by atoms with Crippen LogP contribution in [0.15, 0.2) is 0 Å². The molecule has 86 valence electrons. The largest absolute Gasteiger partial charge is 0.289 e. The minimum atomic E-state index is -0.119. The lowest BCUT2D eigenvalue weighted by Gasteiger charge is -2.12. The van der Waals surface area contributed by atoms with Crippen LogP contribution < -0.4 is 0 Å². The molecule has 0 aromatic carbocycles. The number of halogens is 1. The van der Waals surface area contributed by atoms with Gasteiger partial charge in [0.15, 0.2) is 0 Å². The van der Waals surface area contributed by atoms with Crippen molar-refractivity contribution in [3.05, 3.63) is 0 Å². The van der Waals surface area contributed by atoms with E-state index in [-0.39, 0.29) is 16.4 Å². The van der Waals surface area contributed by atoms with Crippen LogP contribution in [0.25, 0.3) is 0 Å². The molecule has 0 aromatic rings. The third-order valence-electron chi connectivity index (χ3n) is 2.32. The predicted octanol–water partition coefficient (Wildman–Crippen LogP) is 3.03. The Bertz CT molecular complexity index is 248. The van der Waals surface area contributed by atoms with Crippen LogP contribution in [0.5, 0.6) is 0 Å². The van der Waals surface area contributed by atoms with Crippen molar-refractivity contribution in [3.8, 4) is 0 Å². The summed E-state index contributed by atoms with van der Waals surface area (Å²) in [5, 5.41) is 0.744. The number of carbonyl (C=O) groups excluding carboxylic acids is 2. The van der Waals surface area contributed by atoms with Crippen LogP contribution in [0.3, 0.4) is 0 Å². The normalized spacial score (nSPS) is 21.5. The number of unbranched alkanes of at least 4 members (excludes halogenated alkanes) is 1. The quantitative estimate of drug-likeness (QED) is 0.558. The average Bonchev–Trinajstić information content (AvgIpc) is 2.46. The molecule has 1 rings (SSSR count). The Morgan fingerprint density at radius 3 is 2.73 bits per heavy atom. The van der Waals surface area contributed by atoms with Crippen molar-refractivity contribution in [2.75, 3.05) is 11.9 Å². The van der Waals surface area contributed by atoms with E-state index in [1.807, 2.05) is 6.92 Å². The molecule has 1 atom stereocenters. The van der Waals surface area contributed by atoms with Gasteiger partial charge in [0.2, 0.25) is 5.91 Å². The monoisotopic (exact) mass is 293 g/mol. The zero-order valence-corrected chi connectivity index (χ0v) is 11.3. The van der Waals surface area contributed by atoms with Gasteiger partial charge in [-0.2, -0.15) is 0 Å². The van der Waals surface area contributed by atoms with Gasteiger partial charge < -0.3 is 0 Å². The van der Waals surface area contributed by atoms with Crippen LogP contribution in [0.4, 0.5) is 4.79 Å². The van der Waals surface area contributed by atoms with E-state index in [0.717, 1.165) is 31.0 Å². The molecular weight excluding hydrogens is 278 g/mol. The molecular formula is C10H16BrNO2S. The first kappa shape index (κ1) is 13.0. The Morgan fingerprint density at radius 2 is 2.13 bits per heavy atom. The molecule has 0 saturated carbocycles. The van der Waals surface area contributed by atoms with Gasteiger partial charge in [-0.25, -0.2) is 0 Å². The number of rotatable bonds is 6. The zero-order chi connectivity index (χ0) is 11.3. The van der Waals surface area contributed by atoms with Gasteiger partial charge in [0.05, 0.1) is 5.25 Å². The van der Waals surface area contributed by atoms with Crippen molar-refractivity contribution in [2.24, 2.45) is 0 Å². The molecule has 15 heavy (non-hydrogen) atoms. The Morgan fingerprint density at radius 1 is 1.40 bits per heavy atom. The number of imide groups is 1. The molecule has 0 aliphatic carbocycles. The van der Waals surface area contributed by atoms with Crippen LogP contribution in [0.1, 0.15) is 32.6 Å². The molecule has 0 spiro atoms. The minimum absolute atomic E-state index is 0.0152. The van der Waals surface area contributed by atoms with Gasteiger partial charge in [-0.05, 0) is 19.3 Å². The highest BCUT2D eigenvalue weighted by Gasteiger charge is 2.38. The number of alkyl halides is 1. The summed E-state index contributed by atoms with van der Waals surface area (Å²) in [4.78, 5) is 24.7. The minimum Gasteiger partial charge on any atom is -0.273 e. The van der Waals surface area contributed by atoms with Crippen LogP contribution in [-0.2, 0) is 4.79 Å². The fourth-order valence-corrected chi connectivity index (χ4v) is 3.04. The smallest absolute Gasteiger partial charge is 0.273 e. The van der Waals surface area contributed by atoms with E-state index in [2.05, 4.69) is 15.9 Å². The number of hydrogen-bond acceptors (Lipinski definition) is 3. The Labute approximate surface area is 103 Å². The molecule has 5 heteroatoms. The maximum Gasteiger partial charge on any atom is 0.289 e. The summed E-state index contributed by atoms with van der Waals surface area (Å²) in [6.45, 7) is 2.61. The van der Waals surface area contributed by atoms with Crippen molar-refractivity contribution in [2.45, 2.75) is 37.9 Å². The van der Waals surface area contributed by atoms with Gasteiger partial charge in [0.25, 0.3) is 5.24 Å². The van der Waals surface area contributed by atoms with Gasteiger partial charge in [-0.3, -0.25) is 14.5 Å². The van der Waals surface area contributed by atoms with Gasteiger partial charge >= 0.3 is 0 Å². The summed E-state index contributed by atoms with van der Waals surface area (Å²) in [6.07, 6.45) is 3.65. The number of amides is 2. The first-order valence-electron chi connectivity index (χ1n) is 5.28. The first-order valence-corrected chi connectivity index (χ1v) is 7.28. The lowest BCUT2D eigenvalue weighted by atomic mass is 10.2. The molecule has 1 heterocycles. The molecule has 1 fully saturated rings. The van der Waals surface area contributed by atoms with Crippen molar-refractivity contribution in [1.82, 2.24) is 4.90 Å². The lowest BCUT2D eigenvalue weighted by molar-refractivity contribution is -0.126. The highest BCUT2D eigenvalue weighted by atomic mass is 79.9. The van der Waals surface area contributed by atoms with E-state index < -0.39 is 0 Å². The second-order valence-electron chi connectivity index (χ2n) is 3.55. The lowest BCUT2D eigenvalue weighted by Crippen LogP contribution is -2.32. The Kier molecular flexibility index (Phi) is 5.68. The summed E-state index contributed by atoms with van der Waals surface area (Å²) in [7, 11) is 0. The second-order valence-corrected chi connectivity index (χ2v) is 5.49. The Balaban J connectivity index is 2.44. The summed E-state index contributed by atoms with van der Waals surface area (Å²) in [5.41, 5.74) is 0. The molecule has 2 amide bonds. The Hall–Kier alpha value is -0.0300. The van der Waals surface area contributed by atoms with Crippen LogP contribution >= 0.6 is 27.7 Å². The zero-order valence-electron chi connectivity index (χ0n) is 8.87. The van der Waals surface area contributed by atoms with E-state index in [1.54, 1.807) is 0 Å². The third-order valence-corrected chi connectivity index (χ3v) is 4.03. The van der Waals surface area contributed by atoms with E-state index in [0.29, 0.717) is 6.54 Å². The molecule has 1 unspecified atom stereocenters. The van der Waals surface area contributed by atoms with Gasteiger partial charge in [0, 0.05) is 11.9 Å². The van der Waals surface area contributed by atoms with Crippen molar-refractivity contribution < 1.29 is 9.59 Å². The van der Waals surface area contributed by atoms with Crippen LogP contribution in [0.2, 0.25) is 0 Å². The van der Waals surface area contributed by atoms with Crippen LogP contribution in [-0.4, -0.2) is 33.2 Å². The summed E-state index contributed by atoms with van der Waals surface area (Å²) in [5.74, 6) is 0.0152. The average molecular weight is 294 g/mol. The van der Waals surface area contributed by atoms with Crippen molar-refractivity contribution >= 4 is 38.8 Å². The highest BCUT2D eigenvalue weighted by molar-refractivity contribution is 9.09. The fourth-order valence-electron chi connectivity index (χ4n) is 1.51. The summed E-state index contributed by atoms with van der Waals surface area (Å²) in [6, 6.07) is 0. The number of hydrogen-bond donors (Lipinski definition) is 0. The standard InChI is InChI=1S/C10H16BrNO2S/c1-2-5-8-9(13)12(10(14)15-8)7-4-3-6-11/h8H,2-7H2,1H3. The maximum absolute atomic E-state index is 11.8. The van der Waals surface area contributed by atoms with Gasteiger partial charge in [-0.15, -0.1) is 0 Å². The van der Waals surface area contributed by atoms with Crippen LogP contribution in [0, 0.1) is 0 Å². The summed E-state index contributed by atoms with van der Waals surface area (Å²) < 4.78 is 0.